The van der Waals surface area contributed by atoms with Crippen molar-refractivity contribution >= 4 is 46.9 Å². The molecule has 0 radical (unpaired) electrons. The number of nitrogens with zero attached hydrogens (tertiary/aromatic N) is 3. The molecule has 0 bridgehead atoms. The minimum absolute atomic E-state index is 0.380. The van der Waals surface area contributed by atoms with Crippen LogP contribution in [0.25, 0.3) is 0 Å². The molecule has 0 aliphatic carbocycles. The molecular weight excluding hydrogens is 440 g/mol. The third-order valence-electron chi connectivity index (χ3n) is 5.23. The van der Waals surface area contributed by atoms with Crippen molar-refractivity contribution in [2.75, 3.05) is 18.6 Å². The van der Waals surface area contributed by atoms with Gasteiger partial charge in [0.25, 0.3) is 11.8 Å². The molecular formula is C21H21ClN4O4S. The Balaban J connectivity index is 1.54. The number of thioether (sulfide) groups is 1. The van der Waals surface area contributed by atoms with Crippen LogP contribution in [-0.4, -0.2) is 58.1 Å². The first-order chi connectivity index (χ1) is 15.0. The van der Waals surface area contributed by atoms with E-state index in [9.17, 15) is 14.4 Å². The SMILES string of the molecule is CSCC[C@@H]1NC(=O)N(CC(=O)N2N=C(c3ccc(Cl)cc3)C[C@H]2c2ccco2)C1=O. The first-order valence-electron chi connectivity index (χ1n) is 9.77. The van der Waals surface area contributed by atoms with E-state index in [1.54, 1.807) is 36.0 Å². The van der Waals surface area contributed by atoms with Crippen molar-refractivity contribution in [2.24, 2.45) is 5.10 Å². The van der Waals surface area contributed by atoms with E-state index < -0.39 is 24.0 Å². The van der Waals surface area contributed by atoms with Crippen LogP contribution >= 0.6 is 23.4 Å². The Kier molecular flexibility index (Phi) is 6.33. The minimum atomic E-state index is -0.597. The zero-order valence-electron chi connectivity index (χ0n) is 16.8. The van der Waals surface area contributed by atoms with Crippen molar-refractivity contribution in [3.63, 3.8) is 0 Å². The summed E-state index contributed by atoms with van der Waals surface area (Å²) in [5.41, 5.74) is 1.53. The van der Waals surface area contributed by atoms with Crippen molar-refractivity contribution < 1.29 is 18.8 Å². The molecule has 2 aliphatic heterocycles. The summed E-state index contributed by atoms with van der Waals surface area (Å²) in [7, 11) is 0. The highest BCUT2D eigenvalue weighted by molar-refractivity contribution is 7.98. The molecule has 1 aromatic carbocycles. The Bertz CT molecular complexity index is 1010. The molecule has 3 heterocycles. The van der Waals surface area contributed by atoms with E-state index >= 15 is 0 Å². The Morgan fingerprint density at radius 2 is 2.06 bits per heavy atom. The second-order valence-electron chi connectivity index (χ2n) is 7.24. The summed E-state index contributed by atoms with van der Waals surface area (Å²) < 4.78 is 5.52. The van der Waals surface area contributed by atoms with Crippen molar-refractivity contribution in [2.45, 2.75) is 24.9 Å². The number of urea groups is 1. The lowest BCUT2D eigenvalue weighted by Gasteiger charge is -2.22. The van der Waals surface area contributed by atoms with E-state index in [0.29, 0.717) is 29.3 Å². The maximum absolute atomic E-state index is 13.1. The van der Waals surface area contributed by atoms with Gasteiger partial charge in [-0.15, -0.1) is 0 Å². The lowest BCUT2D eigenvalue weighted by molar-refractivity contribution is -0.138. The highest BCUT2D eigenvalue weighted by atomic mass is 35.5. The Morgan fingerprint density at radius 3 is 2.74 bits per heavy atom. The Labute approximate surface area is 188 Å². The Morgan fingerprint density at radius 1 is 1.29 bits per heavy atom. The molecule has 4 rings (SSSR count). The molecule has 1 fully saturated rings. The fraction of sp³-hybridized carbons (Fsp3) is 0.333. The second kappa shape index (κ2) is 9.15. The fourth-order valence-corrected chi connectivity index (χ4v) is 4.22. The lowest BCUT2D eigenvalue weighted by atomic mass is 10.0. The number of benzene rings is 1. The van der Waals surface area contributed by atoms with Crippen LogP contribution in [0, 0.1) is 0 Å². The van der Waals surface area contributed by atoms with Crippen molar-refractivity contribution in [1.29, 1.82) is 0 Å². The van der Waals surface area contributed by atoms with Crippen LogP contribution in [0.3, 0.4) is 0 Å². The molecule has 1 saturated heterocycles. The molecule has 162 valence electrons. The van der Waals surface area contributed by atoms with E-state index in [1.165, 1.54) is 11.3 Å². The van der Waals surface area contributed by atoms with Crippen molar-refractivity contribution in [3.05, 3.63) is 59.0 Å². The minimum Gasteiger partial charge on any atom is -0.467 e. The van der Waals surface area contributed by atoms with Gasteiger partial charge in [0, 0.05) is 11.4 Å². The quantitative estimate of drug-likeness (QED) is 0.640. The van der Waals surface area contributed by atoms with Gasteiger partial charge in [-0.05, 0) is 48.3 Å². The van der Waals surface area contributed by atoms with Gasteiger partial charge in [-0.2, -0.15) is 16.9 Å². The van der Waals surface area contributed by atoms with E-state index in [1.807, 2.05) is 18.4 Å². The summed E-state index contributed by atoms with van der Waals surface area (Å²) in [5.74, 6) is 0.471. The second-order valence-corrected chi connectivity index (χ2v) is 8.66. The van der Waals surface area contributed by atoms with Gasteiger partial charge < -0.3 is 9.73 Å². The number of furan rings is 1. The average Bonchev–Trinajstić information content (AvgIpc) is 3.49. The number of rotatable bonds is 7. The van der Waals surface area contributed by atoms with Crippen LogP contribution < -0.4 is 5.32 Å². The highest BCUT2D eigenvalue weighted by Gasteiger charge is 2.41. The van der Waals surface area contributed by atoms with Gasteiger partial charge in [0.05, 0.1) is 12.0 Å². The van der Waals surface area contributed by atoms with Gasteiger partial charge in [0.1, 0.15) is 24.4 Å². The van der Waals surface area contributed by atoms with Crippen LogP contribution in [0.2, 0.25) is 5.02 Å². The fourth-order valence-electron chi connectivity index (χ4n) is 3.63. The van der Waals surface area contributed by atoms with Crippen LogP contribution in [0.1, 0.15) is 30.2 Å². The lowest BCUT2D eigenvalue weighted by Crippen LogP contribution is -2.41. The zero-order chi connectivity index (χ0) is 22.0. The molecule has 1 N–H and O–H groups in total. The first kappa shape index (κ1) is 21.5. The molecule has 31 heavy (non-hydrogen) atoms. The number of hydrogen-bond donors (Lipinski definition) is 1. The number of amides is 4. The summed E-state index contributed by atoms with van der Waals surface area (Å²) >= 11 is 7.57. The number of carbonyl (C=O) groups is 3. The van der Waals surface area contributed by atoms with E-state index in [0.717, 1.165) is 16.2 Å². The third-order valence-corrected chi connectivity index (χ3v) is 6.12. The van der Waals surface area contributed by atoms with E-state index in [-0.39, 0.29) is 12.5 Å². The third kappa shape index (κ3) is 4.47. The van der Waals surface area contributed by atoms with Crippen LogP contribution in [0.5, 0.6) is 0 Å². The summed E-state index contributed by atoms with van der Waals surface area (Å²) in [6.45, 7) is -0.380. The summed E-state index contributed by atoms with van der Waals surface area (Å²) in [5, 5.41) is 9.07. The molecule has 2 aromatic rings. The summed E-state index contributed by atoms with van der Waals surface area (Å²) in [6, 6.07) is 9.09. The normalized spacial score (nSPS) is 20.9. The summed E-state index contributed by atoms with van der Waals surface area (Å²) in [6.07, 6.45) is 4.43. The largest absolute Gasteiger partial charge is 0.467 e. The standard InChI is InChI=1S/C21H21ClN4O4S/c1-31-10-8-15-20(28)25(21(29)23-15)12-19(27)26-17(18-3-2-9-30-18)11-16(24-26)13-4-6-14(22)7-5-13/h2-7,9,15,17H,8,10-12H2,1H3,(H,23,29)/t15-,17-/m0/s1. The van der Waals surface area contributed by atoms with Gasteiger partial charge in [0.2, 0.25) is 0 Å². The molecule has 2 aliphatic rings. The monoisotopic (exact) mass is 460 g/mol. The van der Waals surface area contributed by atoms with Gasteiger partial charge in [-0.3, -0.25) is 14.5 Å². The maximum atomic E-state index is 13.1. The molecule has 0 unspecified atom stereocenters. The molecule has 1 aromatic heterocycles. The van der Waals surface area contributed by atoms with Crippen molar-refractivity contribution in [3.8, 4) is 0 Å². The molecule has 10 heteroatoms. The Hall–Kier alpha value is -2.78. The number of halogens is 1. The molecule has 0 spiro atoms. The zero-order valence-corrected chi connectivity index (χ0v) is 18.4. The van der Waals surface area contributed by atoms with Crippen molar-refractivity contribution in [1.82, 2.24) is 15.2 Å². The van der Waals surface area contributed by atoms with Crippen LogP contribution in [0.15, 0.2) is 52.2 Å². The topological polar surface area (TPSA) is 95.2 Å². The van der Waals surface area contributed by atoms with Gasteiger partial charge >= 0.3 is 6.03 Å². The molecule has 0 saturated carbocycles. The number of hydrogen-bond acceptors (Lipinski definition) is 6. The van der Waals surface area contributed by atoms with Crippen LogP contribution in [-0.2, 0) is 9.59 Å². The number of carbonyl (C=O) groups excluding carboxylic acids is 3. The number of nitrogens with one attached hydrogen (secondary N) is 1. The average molecular weight is 461 g/mol. The van der Waals surface area contributed by atoms with Gasteiger partial charge in [0.15, 0.2) is 0 Å². The molecule has 8 nitrogen and oxygen atoms in total. The number of imide groups is 1. The van der Waals surface area contributed by atoms with E-state index in [4.69, 9.17) is 16.0 Å². The maximum Gasteiger partial charge on any atom is 0.325 e. The smallest absolute Gasteiger partial charge is 0.325 e. The van der Waals surface area contributed by atoms with Gasteiger partial charge in [-0.1, -0.05) is 23.7 Å². The predicted octanol–water partition coefficient (Wildman–Crippen LogP) is 3.28. The van der Waals surface area contributed by atoms with Gasteiger partial charge in [-0.25, -0.2) is 9.80 Å². The molecule has 4 amide bonds. The molecule has 2 atom stereocenters. The summed E-state index contributed by atoms with van der Waals surface area (Å²) in [4.78, 5) is 39.0. The van der Waals surface area contributed by atoms with E-state index in [2.05, 4.69) is 10.4 Å². The van der Waals surface area contributed by atoms with Crippen LogP contribution in [0.4, 0.5) is 4.79 Å². The predicted molar refractivity (Wildman–Crippen MR) is 118 cm³/mol. The number of hydrazone groups is 1. The first-order valence-corrected chi connectivity index (χ1v) is 11.5. The highest BCUT2D eigenvalue weighted by Crippen LogP contribution is 2.33.